The summed E-state index contributed by atoms with van der Waals surface area (Å²) in [5, 5.41) is 5.01. The highest BCUT2D eigenvalue weighted by Gasteiger charge is 2.46. The minimum Gasteiger partial charge on any atom is -0.208 e. The van der Waals surface area contributed by atoms with Gasteiger partial charge in [0.1, 0.15) is 0 Å². The molecule has 12 aromatic rings. The summed E-state index contributed by atoms with van der Waals surface area (Å²) in [5.74, 6) is 1.88. The average molecular weight is 858 g/mol. The largest absolute Gasteiger partial charge is 0.208 e. The van der Waals surface area contributed by atoms with Crippen molar-refractivity contribution >= 4 is 42.3 Å². The smallest absolute Gasteiger partial charge is 0.164 e. The van der Waals surface area contributed by atoms with Gasteiger partial charge in [0.25, 0.3) is 0 Å². The number of fused-ring (bicyclic) bond motifs is 7. The van der Waals surface area contributed by atoms with E-state index in [9.17, 15) is 0 Å². The monoisotopic (exact) mass is 857 g/mol. The Balaban J connectivity index is 0.987. The summed E-state index contributed by atoms with van der Waals surface area (Å²) in [7, 11) is 0. The number of benzene rings is 10. The molecule has 0 unspecified atom stereocenters. The van der Waals surface area contributed by atoms with Crippen LogP contribution in [0.1, 0.15) is 22.3 Å². The fourth-order valence-electron chi connectivity index (χ4n) is 10.4. The van der Waals surface area contributed by atoms with Crippen molar-refractivity contribution in [2.24, 2.45) is 0 Å². The molecule has 0 radical (unpaired) electrons. The second-order valence-corrected chi connectivity index (χ2v) is 18.1. The van der Waals surface area contributed by atoms with Gasteiger partial charge in [0.2, 0.25) is 0 Å². The number of hydrogen-bond donors (Lipinski definition) is 0. The molecule has 0 saturated carbocycles. The summed E-state index contributed by atoms with van der Waals surface area (Å²) in [6.45, 7) is 0. The van der Waals surface area contributed by atoms with Crippen LogP contribution in [0.2, 0.25) is 0 Å². The molecule has 0 atom stereocenters. The molecule has 1 aliphatic rings. The Morgan fingerprint density at radius 1 is 0.303 bits per heavy atom. The molecule has 0 bridgehead atoms. The fourth-order valence-corrected chi connectivity index (χ4v) is 11.7. The molecular formula is C62H39N3S. The van der Waals surface area contributed by atoms with Gasteiger partial charge in [-0.3, -0.25) is 0 Å². The second kappa shape index (κ2) is 15.4. The molecule has 0 amide bonds. The van der Waals surface area contributed by atoms with Crippen LogP contribution in [-0.2, 0) is 5.41 Å². The first-order valence-electron chi connectivity index (χ1n) is 22.4. The van der Waals surface area contributed by atoms with Crippen molar-refractivity contribution in [2.75, 3.05) is 0 Å². The zero-order chi connectivity index (χ0) is 43.6. The minimum absolute atomic E-state index is 0.494. The molecule has 0 fully saturated rings. The maximum absolute atomic E-state index is 5.35. The van der Waals surface area contributed by atoms with Crippen LogP contribution in [0.5, 0.6) is 0 Å². The molecule has 2 heterocycles. The highest BCUT2D eigenvalue weighted by Crippen LogP contribution is 2.56. The normalized spacial score (nSPS) is 12.7. The van der Waals surface area contributed by atoms with Crippen LogP contribution in [-0.4, -0.2) is 15.0 Å². The maximum atomic E-state index is 5.35. The molecule has 0 N–H and O–H groups in total. The van der Waals surface area contributed by atoms with Gasteiger partial charge in [0, 0.05) is 36.9 Å². The zero-order valence-corrected chi connectivity index (χ0v) is 36.6. The third kappa shape index (κ3) is 6.07. The summed E-state index contributed by atoms with van der Waals surface area (Å²) < 4.78 is 2.57. The average Bonchev–Trinajstić information content (AvgIpc) is 3.93. The first kappa shape index (κ1) is 38.2. The summed E-state index contributed by atoms with van der Waals surface area (Å²) in [5.41, 5.74) is 14.3. The molecule has 2 aromatic heterocycles. The predicted molar refractivity (Wildman–Crippen MR) is 275 cm³/mol. The van der Waals surface area contributed by atoms with E-state index in [0.29, 0.717) is 17.5 Å². The van der Waals surface area contributed by atoms with Crippen LogP contribution >= 0.6 is 11.3 Å². The third-order valence-electron chi connectivity index (χ3n) is 13.4. The predicted octanol–water partition coefficient (Wildman–Crippen LogP) is 16.1. The summed E-state index contributed by atoms with van der Waals surface area (Å²) >= 11 is 1.84. The SMILES string of the molecule is c1ccc(C2(c3ccccc3)c3ccccc3-c3cc(-c4nc(-c5ccc(-c6cccc7ccccc67)cc5)nc(-c5cccc(-c6cccc7c6sc6ccccc67)c5)n4)ccc32)cc1. The Labute approximate surface area is 387 Å². The van der Waals surface area contributed by atoms with Crippen molar-refractivity contribution in [1.29, 1.82) is 0 Å². The van der Waals surface area contributed by atoms with Gasteiger partial charge < -0.3 is 0 Å². The van der Waals surface area contributed by atoms with Gasteiger partial charge in [0.05, 0.1) is 5.41 Å². The van der Waals surface area contributed by atoms with E-state index in [1.165, 1.54) is 75.5 Å². The van der Waals surface area contributed by atoms with E-state index in [1.54, 1.807) is 0 Å². The summed E-state index contributed by atoms with van der Waals surface area (Å²) in [6, 6.07) is 85.2. The third-order valence-corrected chi connectivity index (χ3v) is 14.7. The van der Waals surface area contributed by atoms with E-state index in [1.807, 2.05) is 11.3 Å². The van der Waals surface area contributed by atoms with Gasteiger partial charge in [0.15, 0.2) is 17.5 Å². The molecule has 0 saturated heterocycles. The Morgan fingerprint density at radius 2 is 0.818 bits per heavy atom. The first-order chi connectivity index (χ1) is 32.7. The number of nitrogens with zero attached hydrogens (tertiary/aromatic N) is 3. The van der Waals surface area contributed by atoms with Gasteiger partial charge in [-0.05, 0) is 84.6 Å². The van der Waals surface area contributed by atoms with E-state index in [-0.39, 0.29) is 0 Å². The first-order valence-corrected chi connectivity index (χ1v) is 23.2. The van der Waals surface area contributed by atoms with Crippen molar-refractivity contribution in [3.05, 3.63) is 259 Å². The molecule has 0 aliphatic heterocycles. The van der Waals surface area contributed by atoms with Crippen molar-refractivity contribution in [3.63, 3.8) is 0 Å². The molecule has 10 aromatic carbocycles. The molecule has 4 heteroatoms. The van der Waals surface area contributed by atoms with Crippen LogP contribution in [0, 0.1) is 0 Å². The van der Waals surface area contributed by atoms with Gasteiger partial charge in [-0.25, -0.2) is 15.0 Å². The van der Waals surface area contributed by atoms with Crippen molar-refractivity contribution < 1.29 is 0 Å². The van der Waals surface area contributed by atoms with E-state index < -0.39 is 5.41 Å². The van der Waals surface area contributed by atoms with Gasteiger partial charge in [-0.15, -0.1) is 11.3 Å². The van der Waals surface area contributed by atoms with E-state index in [2.05, 4.69) is 237 Å². The lowest BCUT2D eigenvalue weighted by Gasteiger charge is -2.33. The molecular weight excluding hydrogens is 819 g/mol. The lowest BCUT2D eigenvalue weighted by molar-refractivity contribution is 0.768. The molecule has 13 rings (SSSR count). The Morgan fingerprint density at radius 3 is 1.61 bits per heavy atom. The lowest BCUT2D eigenvalue weighted by atomic mass is 9.67. The van der Waals surface area contributed by atoms with Crippen LogP contribution in [0.15, 0.2) is 237 Å². The second-order valence-electron chi connectivity index (χ2n) is 17.1. The van der Waals surface area contributed by atoms with Gasteiger partial charge in [-0.2, -0.15) is 0 Å². The standard InChI is InChI=1S/C62H39N3S/c1-3-20-46(21-4-1)62(47-22-5-2-6-23-47)55-30-11-9-25-51(55)54-39-45(36-37-56(54)62)61-64-59(42-34-32-41(33-35-42)49-27-14-17-40-16-7-8-24-48(40)49)63-60(65-61)44-19-13-18-43(38-44)50-28-15-29-53-52-26-10-12-31-57(52)66-58(50)53/h1-39H. The van der Waals surface area contributed by atoms with E-state index >= 15 is 0 Å². The highest BCUT2D eigenvalue weighted by molar-refractivity contribution is 7.26. The fraction of sp³-hybridized carbons (Fsp3) is 0.0161. The zero-order valence-electron chi connectivity index (χ0n) is 35.8. The van der Waals surface area contributed by atoms with Crippen LogP contribution < -0.4 is 0 Å². The molecule has 0 spiro atoms. The quantitative estimate of drug-likeness (QED) is 0.160. The van der Waals surface area contributed by atoms with Crippen LogP contribution in [0.4, 0.5) is 0 Å². The van der Waals surface area contributed by atoms with Crippen molar-refractivity contribution in [1.82, 2.24) is 15.0 Å². The molecule has 308 valence electrons. The number of aromatic nitrogens is 3. The van der Waals surface area contributed by atoms with Gasteiger partial charge in [-0.1, -0.05) is 218 Å². The van der Waals surface area contributed by atoms with Gasteiger partial charge >= 0.3 is 0 Å². The summed E-state index contributed by atoms with van der Waals surface area (Å²) in [4.78, 5) is 15.9. The Kier molecular flexibility index (Phi) is 8.93. The topological polar surface area (TPSA) is 38.7 Å². The van der Waals surface area contributed by atoms with Crippen molar-refractivity contribution in [3.8, 4) is 67.5 Å². The Bertz CT molecular complexity index is 3770. The lowest BCUT2D eigenvalue weighted by Crippen LogP contribution is -2.28. The minimum atomic E-state index is -0.494. The number of thiophene rings is 1. The van der Waals surface area contributed by atoms with Crippen LogP contribution in [0.25, 0.3) is 98.5 Å². The summed E-state index contributed by atoms with van der Waals surface area (Å²) in [6.07, 6.45) is 0. The highest BCUT2D eigenvalue weighted by atomic mass is 32.1. The number of rotatable bonds is 7. The number of hydrogen-bond acceptors (Lipinski definition) is 4. The van der Waals surface area contributed by atoms with Crippen LogP contribution in [0.3, 0.4) is 0 Å². The Hall–Kier alpha value is -8.31. The van der Waals surface area contributed by atoms with E-state index in [0.717, 1.165) is 27.8 Å². The van der Waals surface area contributed by atoms with E-state index in [4.69, 9.17) is 15.0 Å². The molecule has 1 aliphatic carbocycles. The van der Waals surface area contributed by atoms with Crippen molar-refractivity contribution in [2.45, 2.75) is 5.41 Å². The molecule has 66 heavy (non-hydrogen) atoms. The molecule has 3 nitrogen and oxygen atoms in total. The maximum Gasteiger partial charge on any atom is 0.164 e.